The van der Waals surface area contributed by atoms with E-state index in [0.29, 0.717) is 22.6 Å². The lowest BCUT2D eigenvalue weighted by Gasteiger charge is -2.40. The maximum atomic E-state index is 13.1. The lowest BCUT2D eigenvalue weighted by atomic mass is 9.65. The minimum Gasteiger partial charge on any atom is -0.487 e. The van der Waals surface area contributed by atoms with Gasteiger partial charge >= 0.3 is 23.9 Å². The number of esters is 4. The van der Waals surface area contributed by atoms with E-state index in [-0.39, 0.29) is 12.2 Å². The summed E-state index contributed by atoms with van der Waals surface area (Å²) in [4.78, 5) is 50.9. The Morgan fingerprint density at radius 2 is 1.66 bits per heavy atom. The topological polar surface area (TPSA) is 120 Å². The Balaban J connectivity index is 1.33. The van der Waals surface area contributed by atoms with Crippen LogP contribution in [0.2, 0.25) is 0 Å². The molecule has 0 aromatic heterocycles. The molecule has 2 saturated heterocycles. The quantitative estimate of drug-likeness (QED) is 0.327. The monoisotopic (exact) mass is 555 g/mol. The van der Waals surface area contributed by atoms with Gasteiger partial charge in [0, 0.05) is 5.92 Å². The summed E-state index contributed by atoms with van der Waals surface area (Å²) in [5.74, 6) is -4.92. The van der Waals surface area contributed by atoms with E-state index < -0.39 is 53.7 Å². The molecule has 41 heavy (non-hydrogen) atoms. The Bertz CT molecular complexity index is 1430. The molecule has 2 aromatic rings. The van der Waals surface area contributed by atoms with E-state index in [0.717, 1.165) is 24.3 Å². The van der Waals surface area contributed by atoms with Gasteiger partial charge in [-0.1, -0.05) is 56.5 Å². The second-order valence-corrected chi connectivity index (χ2v) is 11.8. The predicted molar refractivity (Wildman–Crippen MR) is 146 cm³/mol. The molecule has 0 bridgehead atoms. The molecular weight excluding hydrogens is 522 g/mol. The Morgan fingerprint density at radius 1 is 0.902 bits per heavy atom. The van der Waals surface area contributed by atoms with E-state index in [1.165, 1.54) is 32.1 Å². The predicted octanol–water partition coefficient (Wildman–Crippen LogP) is 5.44. The molecule has 3 fully saturated rings. The third kappa shape index (κ3) is 4.92. The molecule has 0 amide bonds. The number of benzene rings is 2. The molecule has 0 N–H and O–H groups in total. The average Bonchev–Trinajstić information content (AvgIpc) is 3.48. The summed E-state index contributed by atoms with van der Waals surface area (Å²) in [5.41, 5.74) is 2.63. The van der Waals surface area contributed by atoms with Crippen LogP contribution in [0.15, 0.2) is 42.5 Å². The second-order valence-electron chi connectivity index (χ2n) is 11.8. The van der Waals surface area contributed by atoms with Gasteiger partial charge in [0.1, 0.15) is 23.8 Å². The van der Waals surface area contributed by atoms with E-state index in [2.05, 4.69) is 13.0 Å². The molecule has 4 aliphatic rings. The number of fused-ring (bicyclic) bond motifs is 3. The first-order chi connectivity index (χ1) is 19.9. The van der Waals surface area contributed by atoms with Crippen molar-refractivity contribution in [3.8, 4) is 11.8 Å². The fourth-order valence-corrected chi connectivity index (χ4v) is 7.43. The largest absolute Gasteiger partial charge is 0.487 e. The molecule has 1 saturated carbocycles. The van der Waals surface area contributed by atoms with E-state index in [1.54, 1.807) is 30.3 Å². The highest BCUT2D eigenvalue weighted by molar-refractivity contribution is 6.01. The minimum atomic E-state index is -1.03. The number of unbranched alkanes of at least 4 members (excludes halogenated alkanes) is 1. The van der Waals surface area contributed by atoms with Gasteiger partial charge in [-0.2, -0.15) is 5.26 Å². The lowest BCUT2D eigenvalue weighted by molar-refractivity contribution is -0.156. The van der Waals surface area contributed by atoms with E-state index in [4.69, 9.17) is 14.2 Å². The van der Waals surface area contributed by atoms with Crippen molar-refractivity contribution in [2.45, 2.75) is 82.1 Å². The van der Waals surface area contributed by atoms with Crippen molar-refractivity contribution in [2.75, 3.05) is 0 Å². The van der Waals surface area contributed by atoms with Crippen LogP contribution in [0.25, 0.3) is 0 Å². The van der Waals surface area contributed by atoms with E-state index in [9.17, 15) is 24.4 Å². The number of nitrogens with zero attached hydrogens (tertiary/aromatic N) is 1. The summed E-state index contributed by atoms with van der Waals surface area (Å²) in [6, 6.07) is 14.9. The van der Waals surface area contributed by atoms with Crippen LogP contribution < -0.4 is 4.74 Å². The first kappa shape index (κ1) is 27.2. The van der Waals surface area contributed by atoms with Gasteiger partial charge in [0.25, 0.3) is 0 Å². The number of nitriles is 1. The zero-order chi connectivity index (χ0) is 28.7. The highest BCUT2D eigenvalue weighted by Gasteiger charge is 2.60. The molecule has 8 heteroatoms. The van der Waals surface area contributed by atoms with Gasteiger partial charge in [-0.05, 0) is 66.3 Å². The van der Waals surface area contributed by atoms with E-state index in [1.807, 2.05) is 12.1 Å². The van der Waals surface area contributed by atoms with Crippen molar-refractivity contribution < 1.29 is 33.4 Å². The van der Waals surface area contributed by atoms with Gasteiger partial charge in [0.2, 0.25) is 0 Å². The average molecular weight is 556 g/mol. The third-order valence-electron chi connectivity index (χ3n) is 9.49. The van der Waals surface area contributed by atoms with Crippen LogP contribution in [0.4, 0.5) is 0 Å². The number of ether oxygens (including phenoxy) is 3. The summed E-state index contributed by atoms with van der Waals surface area (Å²) in [6.07, 6.45) is 7.09. The highest BCUT2D eigenvalue weighted by Crippen LogP contribution is 2.52. The summed E-state index contributed by atoms with van der Waals surface area (Å²) >= 11 is 0. The SMILES string of the molecule is CCCCC1CCC(c2ccc(OC3C4C(=O)OC(=O)C4c4ccccc4C3C3CC(=O)OC3=O)c(C#N)c2)CC1. The van der Waals surface area contributed by atoms with Gasteiger partial charge < -0.3 is 14.2 Å². The zero-order valence-electron chi connectivity index (χ0n) is 23.0. The Labute approximate surface area is 239 Å². The molecule has 0 spiro atoms. The van der Waals surface area contributed by atoms with Gasteiger partial charge in [-0.15, -0.1) is 0 Å². The van der Waals surface area contributed by atoms with Crippen LogP contribution in [0, 0.1) is 29.1 Å². The first-order valence-electron chi connectivity index (χ1n) is 14.7. The molecule has 0 radical (unpaired) electrons. The summed E-state index contributed by atoms with van der Waals surface area (Å²) in [6.45, 7) is 2.22. The summed E-state index contributed by atoms with van der Waals surface area (Å²) < 4.78 is 16.4. The van der Waals surface area contributed by atoms with Crippen LogP contribution in [-0.4, -0.2) is 30.0 Å². The molecule has 212 valence electrons. The van der Waals surface area contributed by atoms with Crippen molar-refractivity contribution in [1.29, 1.82) is 5.26 Å². The van der Waals surface area contributed by atoms with Crippen molar-refractivity contribution in [1.82, 2.24) is 0 Å². The van der Waals surface area contributed by atoms with Crippen molar-refractivity contribution in [3.63, 3.8) is 0 Å². The van der Waals surface area contributed by atoms with Crippen LogP contribution in [-0.2, 0) is 28.7 Å². The van der Waals surface area contributed by atoms with Gasteiger partial charge in [0.05, 0.1) is 23.8 Å². The highest BCUT2D eigenvalue weighted by atomic mass is 16.6. The Morgan fingerprint density at radius 3 is 2.34 bits per heavy atom. The molecule has 2 aliphatic heterocycles. The van der Waals surface area contributed by atoms with E-state index >= 15 is 0 Å². The molecule has 8 nitrogen and oxygen atoms in total. The van der Waals surface area contributed by atoms with Crippen LogP contribution in [0.3, 0.4) is 0 Å². The Hall–Kier alpha value is -3.99. The lowest BCUT2D eigenvalue weighted by Crippen LogP contribution is -2.46. The smallest absolute Gasteiger partial charge is 0.322 e. The summed E-state index contributed by atoms with van der Waals surface area (Å²) in [5, 5.41) is 10.1. The maximum Gasteiger partial charge on any atom is 0.322 e. The molecular formula is C33H33NO7. The molecule has 2 aromatic carbocycles. The normalized spacial score (nSPS) is 30.7. The minimum absolute atomic E-state index is 0.164. The van der Waals surface area contributed by atoms with Crippen LogP contribution in [0.5, 0.6) is 5.75 Å². The number of carbonyl (C=O) groups is 4. The molecule has 2 aliphatic carbocycles. The molecule has 6 rings (SSSR count). The number of rotatable bonds is 7. The number of carbonyl (C=O) groups excluding carboxylic acids is 4. The van der Waals surface area contributed by atoms with Gasteiger partial charge in [-0.25, -0.2) is 0 Å². The molecule has 2 heterocycles. The first-order valence-corrected chi connectivity index (χ1v) is 14.7. The van der Waals surface area contributed by atoms with Crippen molar-refractivity contribution >= 4 is 23.9 Å². The molecule has 5 unspecified atom stereocenters. The standard InChI is InChI=1S/C33H33NO7/c1-2-3-6-18-9-11-19(12-10-18)20-13-14-25(21(15-20)17-34)39-30-27(24-16-26(35)40-31(24)36)22-7-4-5-8-23(22)28-29(30)33(38)41-32(28)37/h4-5,7-8,13-15,18-19,24,27-30H,2-3,6,9-12,16H2,1H3. The van der Waals surface area contributed by atoms with Crippen molar-refractivity contribution in [2.24, 2.45) is 17.8 Å². The Kier molecular flexibility index (Phi) is 7.37. The fraction of sp³-hybridized carbons (Fsp3) is 0.485. The van der Waals surface area contributed by atoms with Gasteiger partial charge in [-0.3, -0.25) is 19.2 Å². The maximum absolute atomic E-state index is 13.1. The summed E-state index contributed by atoms with van der Waals surface area (Å²) in [7, 11) is 0. The number of cyclic esters (lactones) is 4. The third-order valence-corrected chi connectivity index (χ3v) is 9.49. The van der Waals surface area contributed by atoms with Crippen molar-refractivity contribution in [3.05, 3.63) is 64.7 Å². The number of hydrogen-bond acceptors (Lipinski definition) is 8. The van der Waals surface area contributed by atoms with Crippen LogP contribution in [0.1, 0.15) is 98.3 Å². The second kappa shape index (κ2) is 11.1. The fourth-order valence-electron chi connectivity index (χ4n) is 7.43. The van der Waals surface area contributed by atoms with Crippen LogP contribution >= 0.6 is 0 Å². The number of hydrogen-bond donors (Lipinski definition) is 0. The van der Waals surface area contributed by atoms with Gasteiger partial charge in [0.15, 0.2) is 0 Å². The molecule has 5 atom stereocenters. The zero-order valence-corrected chi connectivity index (χ0v) is 23.0.